The highest BCUT2D eigenvalue weighted by Gasteiger charge is 2.18. The number of benzene rings is 1. The van der Waals surface area contributed by atoms with Gasteiger partial charge in [0.25, 0.3) is 0 Å². The molecule has 0 fully saturated rings. The van der Waals surface area contributed by atoms with Crippen molar-refractivity contribution in [3.05, 3.63) is 29.8 Å². The van der Waals surface area contributed by atoms with E-state index in [0.29, 0.717) is 6.54 Å². The van der Waals surface area contributed by atoms with Crippen LogP contribution in [-0.4, -0.2) is 31.6 Å². The first kappa shape index (κ1) is 17.0. The van der Waals surface area contributed by atoms with E-state index in [4.69, 9.17) is 4.74 Å². The van der Waals surface area contributed by atoms with Gasteiger partial charge in [-0.1, -0.05) is 12.1 Å². The molecule has 3 amide bonds. The van der Waals surface area contributed by atoms with Crippen LogP contribution in [0.3, 0.4) is 0 Å². The second-order valence-electron chi connectivity index (χ2n) is 4.74. The Morgan fingerprint density at radius 2 is 2.00 bits per heavy atom. The van der Waals surface area contributed by atoms with Gasteiger partial charge in [0.2, 0.25) is 5.91 Å². The van der Waals surface area contributed by atoms with E-state index in [1.54, 1.807) is 21.0 Å². The molecule has 0 aromatic heterocycles. The molecule has 1 aromatic rings. The van der Waals surface area contributed by atoms with Gasteiger partial charge in [-0.3, -0.25) is 15.4 Å². The number of ether oxygens (including phenoxy) is 1. The summed E-state index contributed by atoms with van der Waals surface area (Å²) in [5, 5.41) is 7.95. The molecule has 0 bridgehead atoms. The molecule has 1 unspecified atom stereocenters. The molecule has 0 aliphatic carbocycles. The average molecular weight is 293 g/mol. The fourth-order valence-corrected chi connectivity index (χ4v) is 1.88. The SMILES string of the molecule is CCNC(=O)NC(=O)C(C)N[C@H](C)c1cccc(OC)c1. The van der Waals surface area contributed by atoms with Gasteiger partial charge in [0.05, 0.1) is 13.2 Å². The first-order valence-electron chi connectivity index (χ1n) is 6.96. The zero-order valence-corrected chi connectivity index (χ0v) is 12.9. The number of carbonyl (C=O) groups excluding carboxylic acids is 2. The molecule has 0 spiro atoms. The number of rotatable bonds is 6. The van der Waals surface area contributed by atoms with E-state index in [-0.39, 0.29) is 11.9 Å². The van der Waals surface area contributed by atoms with Crippen LogP contribution >= 0.6 is 0 Å². The molecule has 3 N–H and O–H groups in total. The van der Waals surface area contributed by atoms with Crippen molar-refractivity contribution in [2.24, 2.45) is 0 Å². The summed E-state index contributed by atoms with van der Waals surface area (Å²) in [7, 11) is 1.61. The third kappa shape index (κ3) is 5.43. The summed E-state index contributed by atoms with van der Waals surface area (Å²) in [5.41, 5.74) is 1.01. The fraction of sp³-hybridized carbons (Fsp3) is 0.467. The van der Waals surface area contributed by atoms with Gasteiger partial charge in [-0.25, -0.2) is 4.79 Å². The van der Waals surface area contributed by atoms with Crippen molar-refractivity contribution in [3.63, 3.8) is 0 Å². The van der Waals surface area contributed by atoms with Crippen molar-refractivity contribution in [2.75, 3.05) is 13.7 Å². The maximum atomic E-state index is 11.9. The van der Waals surface area contributed by atoms with Gasteiger partial charge >= 0.3 is 6.03 Å². The van der Waals surface area contributed by atoms with Gasteiger partial charge in [-0.2, -0.15) is 0 Å². The molecule has 0 aliphatic heterocycles. The van der Waals surface area contributed by atoms with Gasteiger partial charge in [-0.15, -0.1) is 0 Å². The Labute approximate surface area is 125 Å². The van der Waals surface area contributed by atoms with Crippen LogP contribution < -0.4 is 20.7 Å². The van der Waals surface area contributed by atoms with Gasteiger partial charge < -0.3 is 10.1 Å². The van der Waals surface area contributed by atoms with E-state index in [9.17, 15) is 9.59 Å². The predicted octanol–water partition coefficient (Wildman–Crippen LogP) is 1.58. The first-order valence-corrected chi connectivity index (χ1v) is 6.96. The van der Waals surface area contributed by atoms with Crippen LogP contribution in [0.2, 0.25) is 0 Å². The number of urea groups is 1. The molecule has 6 nitrogen and oxygen atoms in total. The lowest BCUT2D eigenvalue weighted by Crippen LogP contribution is -2.48. The maximum absolute atomic E-state index is 11.9. The molecule has 2 atom stereocenters. The summed E-state index contributed by atoms with van der Waals surface area (Å²) < 4.78 is 5.18. The van der Waals surface area contributed by atoms with E-state index in [1.807, 2.05) is 31.2 Å². The van der Waals surface area contributed by atoms with E-state index in [2.05, 4.69) is 16.0 Å². The predicted molar refractivity (Wildman–Crippen MR) is 81.2 cm³/mol. The smallest absolute Gasteiger partial charge is 0.321 e. The molecular weight excluding hydrogens is 270 g/mol. The Kier molecular flexibility index (Phi) is 6.68. The third-order valence-corrected chi connectivity index (χ3v) is 3.06. The van der Waals surface area contributed by atoms with E-state index < -0.39 is 12.1 Å². The molecular formula is C15H23N3O3. The molecule has 6 heteroatoms. The Balaban J connectivity index is 2.58. The molecule has 116 valence electrons. The number of methoxy groups -OCH3 is 1. The van der Waals surface area contributed by atoms with Crippen molar-refractivity contribution in [2.45, 2.75) is 32.9 Å². The Bertz CT molecular complexity index is 491. The summed E-state index contributed by atoms with van der Waals surface area (Å²) in [6.07, 6.45) is 0. The molecule has 0 radical (unpaired) electrons. The molecule has 0 heterocycles. The zero-order valence-electron chi connectivity index (χ0n) is 12.9. The Morgan fingerprint density at radius 1 is 1.29 bits per heavy atom. The Hall–Kier alpha value is -2.08. The van der Waals surface area contributed by atoms with Crippen molar-refractivity contribution in [3.8, 4) is 5.75 Å². The van der Waals surface area contributed by atoms with Crippen molar-refractivity contribution in [1.82, 2.24) is 16.0 Å². The summed E-state index contributed by atoms with van der Waals surface area (Å²) in [6.45, 7) is 5.92. The van der Waals surface area contributed by atoms with Crippen LogP contribution in [0.1, 0.15) is 32.4 Å². The van der Waals surface area contributed by atoms with Crippen molar-refractivity contribution < 1.29 is 14.3 Å². The quantitative estimate of drug-likeness (QED) is 0.744. The van der Waals surface area contributed by atoms with Crippen LogP contribution in [0.5, 0.6) is 5.75 Å². The largest absolute Gasteiger partial charge is 0.497 e. The van der Waals surface area contributed by atoms with Gasteiger partial charge in [0, 0.05) is 12.6 Å². The minimum Gasteiger partial charge on any atom is -0.497 e. The number of hydrogen-bond acceptors (Lipinski definition) is 4. The second kappa shape index (κ2) is 8.26. The van der Waals surface area contributed by atoms with Crippen LogP contribution in [-0.2, 0) is 4.79 Å². The third-order valence-electron chi connectivity index (χ3n) is 3.06. The minimum atomic E-state index is -0.492. The monoisotopic (exact) mass is 293 g/mol. The second-order valence-corrected chi connectivity index (χ2v) is 4.74. The normalized spacial score (nSPS) is 13.1. The van der Waals surface area contributed by atoms with Crippen LogP contribution in [0.4, 0.5) is 4.79 Å². The summed E-state index contributed by atoms with van der Waals surface area (Å²) in [5.74, 6) is 0.399. The number of carbonyl (C=O) groups is 2. The zero-order chi connectivity index (χ0) is 15.8. The molecule has 21 heavy (non-hydrogen) atoms. The van der Waals surface area contributed by atoms with E-state index >= 15 is 0 Å². The van der Waals surface area contributed by atoms with Gasteiger partial charge in [0.1, 0.15) is 5.75 Å². The van der Waals surface area contributed by atoms with Crippen LogP contribution in [0, 0.1) is 0 Å². The highest BCUT2D eigenvalue weighted by atomic mass is 16.5. The number of nitrogens with one attached hydrogen (secondary N) is 3. The highest BCUT2D eigenvalue weighted by Crippen LogP contribution is 2.19. The maximum Gasteiger partial charge on any atom is 0.321 e. The topological polar surface area (TPSA) is 79.5 Å². The molecule has 1 aromatic carbocycles. The standard InChI is InChI=1S/C15H23N3O3/c1-5-16-15(20)18-14(19)11(3)17-10(2)12-7-6-8-13(9-12)21-4/h6-11,17H,5H2,1-4H3,(H2,16,18,19,20)/t10-,11?/m1/s1. The summed E-state index contributed by atoms with van der Waals surface area (Å²) in [4.78, 5) is 23.2. The number of imide groups is 1. The lowest BCUT2D eigenvalue weighted by atomic mass is 10.1. The van der Waals surface area contributed by atoms with Crippen molar-refractivity contribution >= 4 is 11.9 Å². The average Bonchev–Trinajstić information content (AvgIpc) is 2.47. The van der Waals surface area contributed by atoms with Crippen LogP contribution in [0.25, 0.3) is 0 Å². The van der Waals surface area contributed by atoms with Crippen LogP contribution in [0.15, 0.2) is 24.3 Å². The number of hydrogen-bond donors (Lipinski definition) is 3. The fourth-order valence-electron chi connectivity index (χ4n) is 1.88. The van der Waals surface area contributed by atoms with Gasteiger partial charge in [0.15, 0.2) is 0 Å². The molecule has 0 saturated heterocycles. The highest BCUT2D eigenvalue weighted by molar-refractivity contribution is 5.96. The van der Waals surface area contributed by atoms with Gasteiger partial charge in [-0.05, 0) is 38.5 Å². The minimum absolute atomic E-state index is 0.0462. The first-order chi connectivity index (χ1) is 9.97. The Morgan fingerprint density at radius 3 is 2.62 bits per heavy atom. The molecule has 0 aliphatic rings. The van der Waals surface area contributed by atoms with E-state index in [0.717, 1.165) is 11.3 Å². The lowest BCUT2D eigenvalue weighted by Gasteiger charge is -2.20. The molecule has 1 rings (SSSR count). The van der Waals surface area contributed by atoms with Crippen molar-refractivity contribution in [1.29, 1.82) is 0 Å². The molecule has 0 saturated carbocycles. The number of amides is 3. The lowest BCUT2D eigenvalue weighted by molar-refractivity contribution is -0.121. The summed E-state index contributed by atoms with van der Waals surface area (Å²) in [6, 6.07) is 6.60. The van der Waals surface area contributed by atoms with E-state index in [1.165, 1.54) is 0 Å². The summed E-state index contributed by atoms with van der Waals surface area (Å²) >= 11 is 0.